The quantitative estimate of drug-likeness (QED) is 0.826. The lowest BCUT2D eigenvalue weighted by Crippen LogP contribution is -2.23. The molecule has 23 heavy (non-hydrogen) atoms. The molecule has 0 aliphatic heterocycles. The number of rotatable bonds is 6. The summed E-state index contributed by atoms with van der Waals surface area (Å²) < 4.78 is 11.8. The number of anilines is 1. The molecule has 0 fully saturated rings. The standard InChI is InChI=1S/C16H19N3O4/c1-11(2)19-14(8-9-17-19)18-15(20)10-23-16(21)12-6-4-5-7-13(12)22-3/h4-9,11H,10H2,1-3H3,(H,18,20). The molecule has 1 aromatic carbocycles. The van der Waals surface area contributed by atoms with E-state index in [0.29, 0.717) is 11.6 Å². The van der Waals surface area contributed by atoms with Crippen LogP contribution in [0.4, 0.5) is 5.82 Å². The van der Waals surface area contributed by atoms with Crippen LogP contribution in [0.1, 0.15) is 30.2 Å². The fraction of sp³-hybridized carbons (Fsp3) is 0.312. The van der Waals surface area contributed by atoms with Crippen molar-refractivity contribution in [3.63, 3.8) is 0 Å². The van der Waals surface area contributed by atoms with Crippen LogP contribution in [0.15, 0.2) is 36.5 Å². The molecule has 1 amide bonds. The van der Waals surface area contributed by atoms with Gasteiger partial charge in [-0.2, -0.15) is 5.10 Å². The number of amides is 1. The van der Waals surface area contributed by atoms with Crippen LogP contribution in [0.5, 0.6) is 5.75 Å². The van der Waals surface area contributed by atoms with Gasteiger partial charge < -0.3 is 14.8 Å². The van der Waals surface area contributed by atoms with Crippen molar-refractivity contribution in [2.75, 3.05) is 19.0 Å². The van der Waals surface area contributed by atoms with Gasteiger partial charge in [0.15, 0.2) is 6.61 Å². The fourth-order valence-electron chi connectivity index (χ4n) is 2.03. The number of benzene rings is 1. The predicted molar refractivity (Wildman–Crippen MR) is 84.5 cm³/mol. The largest absolute Gasteiger partial charge is 0.496 e. The second-order valence-electron chi connectivity index (χ2n) is 5.08. The van der Waals surface area contributed by atoms with Gasteiger partial charge in [0.2, 0.25) is 0 Å². The third-order valence-corrected chi connectivity index (χ3v) is 3.09. The summed E-state index contributed by atoms with van der Waals surface area (Å²) in [7, 11) is 1.46. The summed E-state index contributed by atoms with van der Waals surface area (Å²) >= 11 is 0. The first kappa shape index (κ1) is 16.5. The topological polar surface area (TPSA) is 82.4 Å². The molecule has 1 aromatic heterocycles. The molecule has 2 aromatic rings. The second-order valence-corrected chi connectivity index (χ2v) is 5.08. The summed E-state index contributed by atoms with van der Waals surface area (Å²) in [6, 6.07) is 8.46. The molecule has 1 heterocycles. The van der Waals surface area contributed by atoms with Crippen LogP contribution in [0.2, 0.25) is 0 Å². The van der Waals surface area contributed by atoms with Gasteiger partial charge in [-0.1, -0.05) is 12.1 Å². The second kappa shape index (κ2) is 7.44. The molecule has 122 valence electrons. The van der Waals surface area contributed by atoms with Crippen molar-refractivity contribution in [1.82, 2.24) is 9.78 Å². The highest BCUT2D eigenvalue weighted by molar-refractivity contribution is 5.96. The zero-order chi connectivity index (χ0) is 16.8. The Kier molecular flexibility index (Phi) is 5.35. The monoisotopic (exact) mass is 317 g/mol. The lowest BCUT2D eigenvalue weighted by molar-refractivity contribution is -0.119. The summed E-state index contributed by atoms with van der Waals surface area (Å²) in [5.74, 6) is -0.0975. The Bertz CT molecular complexity index is 694. The summed E-state index contributed by atoms with van der Waals surface area (Å²) in [5.41, 5.74) is 0.273. The van der Waals surface area contributed by atoms with Crippen LogP contribution in [-0.2, 0) is 9.53 Å². The van der Waals surface area contributed by atoms with Crippen LogP contribution in [-0.4, -0.2) is 35.4 Å². The number of hydrogen-bond donors (Lipinski definition) is 1. The van der Waals surface area contributed by atoms with Crippen molar-refractivity contribution in [3.05, 3.63) is 42.1 Å². The molecule has 0 spiro atoms. The Morgan fingerprint density at radius 1 is 1.26 bits per heavy atom. The first-order chi connectivity index (χ1) is 11.0. The Balaban J connectivity index is 1.94. The van der Waals surface area contributed by atoms with E-state index in [-0.39, 0.29) is 18.2 Å². The number of hydrogen-bond acceptors (Lipinski definition) is 5. The van der Waals surface area contributed by atoms with Crippen molar-refractivity contribution >= 4 is 17.7 Å². The number of para-hydroxylation sites is 1. The molecule has 0 saturated heterocycles. The Hall–Kier alpha value is -2.83. The lowest BCUT2D eigenvalue weighted by atomic mass is 10.2. The van der Waals surface area contributed by atoms with E-state index in [0.717, 1.165) is 0 Å². The molecule has 0 bridgehead atoms. The average Bonchev–Trinajstić information content (AvgIpc) is 3.00. The van der Waals surface area contributed by atoms with Crippen LogP contribution in [0, 0.1) is 0 Å². The molecule has 1 N–H and O–H groups in total. The zero-order valence-corrected chi connectivity index (χ0v) is 13.3. The molecule has 0 unspecified atom stereocenters. The Labute approximate surface area is 134 Å². The average molecular weight is 317 g/mol. The molecule has 0 saturated carbocycles. The van der Waals surface area contributed by atoms with E-state index >= 15 is 0 Å². The number of aromatic nitrogens is 2. The number of esters is 1. The van der Waals surface area contributed by atoms with E-state index in [1.165, 1.54) is 7.11 Å². The molecular formula is C16H19N3O4. The number of nitrogens with one attached hydrogen (secondary N) is 1. The third-order valence-electron chi connectivity index (χ3n) is 3.09. The van der Waals surface area contributed by atoms with Crippen molar-refractivity contribution < 1.29 is 19.1 Å². The van der Waals surface area contributed by atoms with Crippen molar-refractivity contribution in [2.24, 2.45) is 0 Å². The van der Waals surface area contributed by atoms with Crippen LogP contribution < -0.4 is 10.1 Å². The number of ether oxygens (including phenoxy) is 2. The molecular weight excluding hydrogens is 298 g/mol. The minimum Gasteiger partial charge on any atom is -0.496 e. The van der Waals surface area contributed by atoms with Gasteiger partial charge in [0.25, 0.3) is 5.91 Å². The van der Waals surface area contributed by atoms with Crippen LogP contribution in [0.25, 0.3) is 0 Å². The molecule has 0 aliphatic carbocycles. The van der Waals surface area contributed by atoms with Gasteiger partial charge in [0.05, 0.1) is 13.3 Å². The molecule has 7 heteroatoms. The molecule has 2 rings (SSSR count). The van der Waals surface area contributed by atoms with Gasteiger partial charge in [-0.15, -0.1) is 0 Å². The predicted octanol–water partition coefficient (Wildman–Crippen LogP) is 2.27. The Morgan fingerprint density at radius 2 is 2.00 bits per heavy atom. The van der Waals surface area contributed by atoms with Gasteiger partial charge in [-0.25, -0.2) is 9.48 Å². The lowest BCUT2D eigenvalue weighted by Gasteiger charge is -2.12. The maximum Gasteiger partial charge on any atom is 0.342 e. The first-order valence-corrected chi connectivity index (χ1v) is 7.16. The van der Waals surface area contributed by atoms with Crippen molar-refractivity contribution in [2.45, 2.75) is 19.9 Å². The summed E-state index contributed by atoms with van der Waals surface area (Å²) in [5, 5.41) is 6.77. The first-order valence-electron chi connectivity index (χ1n) is 7.16. The van der Waals surface area contributed by atoms with Gasteiger partial charge in [-0.05, 0) is 26.0 Å². The van der Waals surface area contributed by atoms with E-state index in [9.17, 15) is 9.59 Å². The fourth-order valence-corrected chi connectivity index (χ4v) is 2.03. The SMILES string of the molecule is COc1ccccc1C(=O)OCC(=O)Nc1ccnn1C(C)C. The van der Waals surface area contributed by atoms with E-state index in [1.807, 2.05) is 13.8 Å². The van der Waals surface area contributed by atoms with Crippen molar-refractivity contribution in [3.8, 4) is 5.75 Å². The van der Waals surface area contributed by atoms with Crippen LogP contribution >= 0.6 is 0 Å². The summed E-state index contributed by atoms with van der Waals surface area (Å²) in [6.07, 6.45) is 1.59. The number of nitrogens with zero attached hydrogens (tertiary/aromatic N) is 2. The smallest absolute Gasteiger partial charge is 0.342 e. The van der Waals surface area contributed by atoms with E-state index in [1.54, 1.807) is 41.2 Å². The molecule has 0 atom stereocenters. The normalized spacial score (nSPS) is 10.4. The van der Waals surface area contributed by atoms with E-state index < -0.39 is 11.9 Å². The highest BCUT2D eigenvalue weighted by Crippen LogP contribution is 2.18. The highest BCUT2D eigenvalue weighted by atomic mass is 16.5. The molecule has 0 aliphatic rings. The van der Waals surface area contributed by atoms with Gasteiger partial charge >= 0.3 is 5.97 Å². The molecule has 0 radical (unpaired) electrons. The third kappa shape index (κ3) is 4.09. The van der Waals surface area contributed by atoms with Gasteiger partial charge in [-0.3, -0.25) is 4.79 Å². The number of carbonyl (C=O) groups is 2. The minimum atomic E-state index is -0.616. The number of carbonyl (C=O) groups excluding carboxylic acids is 2. The maximum absolute atomic E-state index is 12.0. The van der Waals surface area contributed by atoms with E-state index in [2.05, 4.69) is 10.4 Å². The maximum atomic E-state index is 12.0. The summed E-state index contributed by atoms with van der Waals surface area (Å²) in [6.45, 7) is 3.51. The van der Waals surface area contributed by atoms with Crippen LogP contribution in [0.3, 0.4) is 0 Å². The summed E-state index contributed by atoms with van der Waals surface area (Å²) in [4.78, 5) is 23.9. The molecule has 7 nitrogen and oxygen atoms in total. The van der Waals surface area contributed by atoms with Gasteiger partial charge in [0, 0.05) is 12.1 Å². The highest BCUT2D eigenvalue weighted by Gasteiger charge is 2.15. The van der Waals surface area contributed by atoms with Crippen molar-refractivity contribution in [1.29, 1.82) is 0 Å². The minimum absolute atomic E-state index is 0.108. The Morgan fingerprint density at radius 3 is 2.70 bits per heavy atom. The number of methoxy groups -OCH3 is 1. The zero-order valence-electron chi connectivity index (χ0n) is 13.3. The van der Waals surface area contributed by atoms with Gasteiger partial charge in [0.1, 0.15) is 17.1 Å². The van der Waals surface area contributed by atoms with E-state index in [4.69, 9.17) is 9.47 Å².